The fourth-order valence-corrected chi connectivity index (χ4v) is 4.72. The van der Waals surface area contributed by atoms with Gasteiger partial charge in [0, 0.05) is 11.4 Å². The molecule has 0 amide bonds. The Morgan fingerprint density at radius 1 is 1.38 bits per heavy atom. The average Bonchev–Trinajstić information content (AvgIpc) is 2.86. The molecule has 0 saturated heterocycles. The number of aldehydes is 1. The zero-order valence-electron chi connectivity index (χ0n) is 11.6. The Labute approximate surface area is 130 Å². The number of aryl methyl sites for hydroxylation is 2. The lowest BCUT2D eigenvalue weighted by Gasteiger charge is -2.11. The number of carbonyl (C=O) groups excluding carboxylic acids is 1. The number of rotatable bonds is 5. The SMILES string of the molecule is C=CCn1c(SCC=O)nc2sc3c(c2c1=O)CCCC3. The van der Waals surface area contributed by atoms with Crippen LogP contribution >= 0.6 is 23.1 Å². The van der Waals surface area contributed by atoms with Crippen LogP contribution in [-0.2, 0) is 24.2 Å². The van der Waals surface area contributed by atoms with Gasteiger partial charge in [0.15, 0.2) is 5.16 Å². The van der Waals surface area contributed by atoms with Gasteiger partial charge >= 0.3 is 0 Å². The second-order valence-electron chi connectivity index (χ2n) is 4.97. The summed E-state index contributed by atoms with van der Waals surface area (Å²) in [5.74, 6) is 0.306. The number of fused-ring (bicyclic) bond motifs is 3. The number of nitrogens with zero attached hydrogens (tertiary/aromatic N) is 2. The molecule has 0 N–H and O–H groups in total. The van der Waals surface area contributed by atoms with Crippen LogP contribution in [0.3, 0.4) is 0 Å². The molecule has 1 aliphatic rings. The summed E-state index contributed by atoms with van der Waals surface area (Å²) in [6.07, 6.45) is 6.88. The third-order valence-corrected chi connectivity index (χ3v) is 5.69. The van der Waals surface area contributed by atoms with Crippen molar-refractivity contribution in [1.29, 1.82) is 0 Å². The fraction of sp³-hybridized carbons (Fsp3) is 0.400. The van der Waals surface area contributed by atoms with Gasteiger partial charge in [-0.1, -0.05) is 17.8 Å². The molecule has 2 heterocycles. The highest BCUT2D eigenvalue weighted by Gasteiger charge is 2.21. The van der Waals surface area contributed by atoms with E-state index in [0.29, 0.717) is 17.5 Å². The Balaban J connectivity index is 2.23. The Morgan fingerprint density at radius 2 is 2.19 bits per heavy atom. The van der Waals surface area contributed by atoms with Crippen molar-refractivity contribution in [3.63, 3.8) is 0 Å². The third kappa shape index (κ3) is 2.58. The first-order valence-electron chi connectivity index (χ1n) is 6.98. The van der Waals surface area contributed by atoms with Gasteiger partial charge in [-0.3, -0.25) is 9.36 Å². The molecule has 0 unspecified atom stereocenters. The maximum atomic E-state index is 12.8. The molecule has 0 aliphatic heterocycles. The summed E-state index contributed by atoms with van der Waals surface area (Å²) in [5, 5.41) is 1.39. The van der Waals surface area contributed by atoms with Crippen LogP contribution in [0.2, 0.25) is 0 Å². The molecule has 0 saturated carbocycles. The number of thioether (sulfide) groups is 1. The first kappa shape index (κ1) is 14.5. The van der Waals surface area contributed by atoms with Crippen molar-refractivity contribution >= 4 is 39.6 Å². The zero-order chi connectivity index (χ0) is 14.8. The van der Waals surface area contributed by atoms with E-state index in [1.165, 1.54) is 28.6 Å². The molecule has 0 bridgehead atoms. The minimum absolute atomic E-state index is 0.00713. The summed E-state index contributed by atoms with van der Waals surface area (Å²) in [4.78, 5) is 30.2. The molecule has 21 heavy (non-hydrogen) atoms. The molecule has 6 heteroatoms. The van der Waals surface area contributed by atoms with Crippen molar-refractivity contribution in [3.8, 4) is 0 Å². The van der Waals surface area contributed by atoms with Gasteiger partial charge in [0.2, 0.25) is 0 Å². The number of aromatic nitrogens is 2. The van der Waals surface area contributed by atoms with Crippen LogP contribution in [0, 0.1) is 0 Å². The maximum Gasteiger partial charge on any atom is 0.263 e. The van der Waals surface area contributed by atoms with Gasteiger partial charge in [-0.25, -0.2) is 4.98 Å². The van der Waals surface area contributed by atoms with E-state index in [-0.39, 0.29) is 5.56 Å². The van der Waals surface area contributed by atoms with Crippen molar-refractivity contribution in [1.82, 2.24) is 9.55 Å². The van der Waals surface area contributed by atoms with Gasteiger partial charge < -0.3 is 4.79 Å². The topological polar surface area (TPSA) is 52.0 Å². The van der Waals surface area contributed by atoms with E-state index in [1.807, 2.05) is 0 Å². The van der Waals surface area contributed by atoms with Crippen LogP contribution in [0.4, 0.5) is 0 Å². The van der Waals surface area contributed by atoms with Crippen LogP contribution in [0.5, 0.6) is 0 Å². The normalized spacial score (nSPS) is 14.1. The van der Waals surface area contributed by atoms with Gasteiger partial charge in [-0.15, -0.1) is 17.9 Å². The number of allylic oxidation sites excluding steroid dienone is 1. The van der Waals surface area contributed by atoms with E-state index in [9.17, 15) is 9.59 Å². The van der Waals surface area contributed by atoms with Crippen molar-refractivity contribution < 1.29 is 4.79 Å². The Hall–Kier alpha value is -1.40. The quantitative estimate of drug-likeness (QED) is 0.368. The van der Waals surface area contributed by atoms with Gasteiger partial charge in [0.25, 0.3) is 5.56 Å². The van der Waals surface area contributed by atoms with Crippen molar-refractivity contribution in [3.05, 3.63) is 33.4 Å². The van der Waals surface area contributed by atoms with Crippen LogP contribution in [0.1, 0.15) is 23.3 Å². The molecule has 4 nitrogen and oxygen atoms in total. The first-order chi connectivity index (χ1) is 10.3. The molecule has 1 aliphatic carbocycles. The highest BCUT2D eigenvalue weighted by molar-refractivity contribution is 7.99. The molecule has 2 aromatic heterocycles. The molecule has 0 atom stereocenters. The van der Waals surface area contributed by atoms with Gasteiger partial charge in [0.1, 0.15) is 11.1 Å². The number of hydrogen-bond donors (Lipinski definition) is 0. The van der Waals surface area contributed by atoms with Crippen molar-refractivity contribution in [2.75, 3.05) is 5.75 Å². The lowest BCUT2D eigenvalue weighted by atomic mass is 9.97. The van der Waals surface area contributed by atoms with Gasteiger partial charge in [0.05, 0.1) is 11.1 Å². The molecule has 3 rings (SSSR count). The molecule has 0 fully saturated rings. The second-order valence-corrected chi connectivity index (χ2v) is 7.04. The van der Waals surface area contributed by atoms with Crippen LogP contribution in [0.15, 0.2) is 22.6 Å². The van der Waals surface area contributed by atoms with E-state index >= 15 is 0 Å². The predicted molar refractivity (Wildman–Crippen MR) is 87.5 cm³/mol. The van der Waals surface area contributed by atoms with E-state index in [2.05, 4.69) is 11.6 Å². The molecule has 0 aromatic carbocycles. The largest absolute Gasteiger partial charge is 0.302 e. The second kappa shape index (κ2) is 6.15. The molecular formula is C15H16N2O2S2. The van der Waals surface area contributed by atoms with Crippen LogP contribution < -0.4 is 5.56 Å². The Morgan fingerprint density at radius 3 is 2.95 bits per heavy atom. The molecular weight excluding hydrogens is 304 g/mol. The van der Waals surface area contributed by atoms with Crippen LogP contribution in [-0.4, -0.2) is 21.6 Å². The lowest BCUT2D eigenvalue weighted by molar-refractivity contribution is -0.105. The third-order valence-electron chi connectivity index (χ3n) is 3.63. The summed E-state index contributed by atoms with van der Waals surface area (Å²) in [6, 6.07) is 0. The summed E-state index contributed by atoms with van der Waals surface area (Å²) in [6.45, 7) is 4.13. The van der Waals surface area contributed by atoms with Gasteiger partial charge in [-0.2, -0.15) is 0 Å². The first-order valence-corrected chi connectivity index (χ1v) is 8.79. The number of thiophene rings is 1. The zero-order valence-corrected chi connectivity index (χ0v) is 13.3. The average molecular weight is 320 g/mol. The molecule has 0 spiro atoms. The monoisotopic (exact) mass is 320 g/mol. The lowest BCUT2D eigenvalue weighted by Crippen LogP contribution is -2.23. The highest BCUT2D eigenvalue weighted by atomic mass is 32.2. The number of hydrogen-bond acceptors (Lipinski definition) is 5. The van der Waals surface area contributed by atoms with Gasteiger partial charge in [-0.05, 0) is 31.2 Å². The van der Waals surface area contributed by atoms with E-state index in [0.717, 1.165) is 35.8 Å². The fourth-order valence-electron chi connectivity index (χ4n) is 2.73. The summed E-state index contributed by atoms with van der Waals surface area (Å²) >= 11 is 2.94. The number of carbonyl (C=O) groups is 1. The molecule has 110 valence electrons. The molecule has 2 aromatic rings. The van der Waals surface area contributed by atoms with Crippen molar-refractivity contribution in [2.24, 2.45) is 0 Å². The summed E-state index contributed by atoms with van der Waals surface area (Å²) < 4.78 is 1.63. The van der Waals surface area contributed by atoms with E-state index < -0.39 is 0 Å². The van der Waals surface area contributed by atoms with E-state index in [1.54, 1.807) is 22.0 Å². The predicted octanol–water partition coefficient (Wildman–Crippen LogP) is 2.81. The van der Waals surface area contributed by atoms with E-state index in [4.69, 9.17) is 0 Å². The summed E-state index contributed by atoms with van der Waals surface area (Å²) in [7, 11) is 0. The molecule has 0 radical (unpaired) electrons. The maximum absolute atomic E-state index is 12.8. The Bertz CT molecular complexity index is 761. The Kier molecular flexibility index (Phi) is 4.26. The highest BCUT2D eigenvalue weighted by Crippen LogP contribution is 2.34. The summed E-state index contributed by atoms with van der Waals surface area (Å²) in [5.41, 5.74) is 1.20. The smallest absolute Gasteiger partial charge is 0.263 e. The minimum atomic E-state index is 0.00713. The van der Waals surface area contributed by atoms with Crippen LogP contribution in [0.25, 0.3) is 10.2 Å². The minimum Gasteiger partial charge on any atom is -0.302 e. The van der Waals surface area contributed by atoms with Crippen molar-refractivity contribution in [2.45, 2.75) is 37.4 Å². The standard InChI is InChI=1S/C15H16N2O2S2/c1-2-7-17-14(19)12-10-5-3-4-6-11(10)21-13(12)16-15(17)20-9-8-18/h2,8H,1,3-7,9H2.